The first-order chi connectivity index (χ1) is 5.97. The Morgan fingerprint density at radius 2 is 2.23 bits per heavy atom. The van der Waals surface area contributed by atoms with E-state index in [1.807, 2.05) is 0 Å². The number of nitrogens with two attached hydrogens (primary N) is 1. The Labute approximate surface area is 76.4 Å². The molecule has 0 aliphatic rings. The normalized spacial score (nSPS) is 15.4. The second kappa shape index (κ2) is 3.32. The number of aliphatic hydroxyl groups is 1. The summed E-state index contributed by atoms with van der Waals surface area (Å²) in [6.45, 7) is 3.32. The van der Waals surface area contributed by atoms with Crippen molar-refractivity contribution in [3.8, 4) is 0 Å². The Hall–Kier alpha value is -1.13. The molecule has 0 spiro atoms. The highest BCUT2D eigenvalue weighted by Gasteiger charge is 2.21. The van der Waals surface area contributed by atoms with Crippen LogP contribution in [0.5, 0.6) is 0 Å². The van der Waals surface area contributed by atoms with E-state index >= 15 is 0 Å². The summed E-state index contributed by atoms with van der Waals surface area (Å²) >= 11 is 0. The molecule has 1 aromatic heterocycles. The monoisotopic (exact) mass is 182 g/mol. The Bertz CT molecular complexity index is 355. The number of aryl methyl sites for hydroxylation is 1. The number of rotatable bonds is 2. The van der Waals surface area contributed by atoms with E-state index < -0.39 is 5.54 Å². The van der Waals surface area contributed by atoms with Gasteiger partial charge < -0.3 is 15.8 Å². The topological polar surface area (TPSA) is 79.1 Å². The van der Waals surface area contributed by atoms with Crippen LogP contribution in [0.15, 0.2) is 16.9 Å². The molecule has 0 amide bonds. The van der Waals surface area contributed by atoms with Crippen molar-refractivity contribution in [1.29, 1.82) is 0 Å². The molecule has 4 heteroatoms. The first-order valence-electron chi connectivity index (χ1n) is 4.07. The zero-order valence-corrected chi connectivity index (χ0v) is 7.79. The minimum Gasteiger partial charge on any atom is -0.394 e. The van der Waals surface area contributed by atoms with Gasteiger partial charge in [0.05, 0.1) is 12.1 Å². The second-order valence-electron chi connectivity index (χ2n) is 3.44. The molecule has 0 saturated carbocycles. The lowest BCUT2D eigenvalue weighted by molar-refractivity contribution is 0.209. The van der Waals surface area contributed by atoms with Crippen molar-refractivity contribution < 1.29 is 5.11 Å². The molecule has 1 aromatic rings. The minimum absolute atomic E-state index is 0.153. The highest BCUT2D eigenvalue weighted by Crippen LogP contribution is 2.17. The van der Waals surface area contributed by atoms with Gasteiger partial charge in [0, 0.05) is 11.8 Å². The fourth-order valence-corrected chi connectivity index (χ4v) is 1.28. The number of aromatic nitrogens is 1. The summed E-state index contributed by atoms with van der Waals surface area (Å²) in [5.74, 6) is 0. The summed E-state index contributed by atoms with van der Waals surface area (Å²) in [7, 11) is 0. The fourth-order valence-electron chi connectivity index (χ4n) is 1.28. The molecule has 0 bridgehead atoms. The van der Waals surface area contributed by atoms with Gasteiger partial charge in [-0.2, -0.15) is 0 Å². The molecule has 0 aliphatic heterocycles. The van der Waals surface area contributed by atoms with Crippen molar-refractivity contribution in [3.05, 3.63) is 33.7 Å². The van der Waals surface area contributed by atoms with Gasteiger partial charge >= 0.3 is 0 Å². The molecule has 0 aliphatic carbocycles. The van der Waals surface area contributed by atoms with Crippen LogP contribution in [-0.2, 0) is 5.54 Å². The van der Waals surface area contributed by atoms with E-state index in [2.05, 4.69) is 4.98 Å². The second-order valence-corrected chi connectivity index (χ2v) is 3.44. The molecule has 1 heterocycles. The number of hydrogen-bond donors (Lipinski definition) is 3. The van der Waals surface area contributed by atoms with Gasteiger partial charge in [0.2, 0.25) is 5.56 Å². The van der Waals surface area contributed by atoms with Crippen molar-refractivity contribution in [3.63, 3.8) is 0 Å². The smallest absolute Gasteiger partial charge is 0.248 e. The molecule has 0 aromatic carbocycles. The van der Waals surface area contributed by atoms with Gasteiger partial charge in [0.25, 0.3) is 0 Å². The quantitative estimate of drug-likeness (QED) is 0.595. The van der Waals surface area contributed by atoms with Crippen molar-refractivity contribution in [2.24, 2.45) is 5.73 Å². The number of aromatic amines is 1. The van der Waals surface area contributed by atoms with Gasteiger partial charge in [0.15, 0.2) is 0 Å². The summed E-state index contributed by atoms with van der Waals surface area (Å²) in [5.41, 5.74) is 6.32. The Kier molecular flexibility index (Phi) is 2.54. The Morgan fingerprint density at radius 3 is 2.69 bits per heavy atom. The predicted octanol–water partition coefficient (Wildman–Crippen LogP) is -0.150. The number of H-pyrrole nitrogens is 1. The molecule has 1 atom stereocenters. The van der Waals surface area contributed by atoms with Crippen LogP contribution in [0.4, 0.5) is 0 Å². The van der Waals surface area contributed by atoms with E-state index in [1.54, 1.807) is 19.9 Å². The SMILES string of the molecule is Cc1[nH]c(=O)ccc1[C@@](C)(N)CO. The van der Waals surface area contributed by atoms with Crippen molar-refractivity contribution in [2.75, 3.05) is 6.61 Å². The maximum Gasteiger partial charge on any atom is 0.248 e. The van der Waals surface area contributed by atoms with Gasteiger partial charge in [-0.25, -0.2) is 0 Å². The third-order valence-corrected chi connectivity index (χ3v) is 2.06. The van der Waals surface area contributed by atoms with Crippen LogP contribution in [0, 0.1) is 6.92 Å². The Balaban J connectivity index is 3.23. The minimum atomic E-state index is -0.797. The molecule has 13 heavy (non-hydrogen) atoms. The largest absolute Gasteiger partial charge is 0.394 e. The van der Waals surface area contributed by atoms with E-state index in [1.165, 1.54) is 6.07 Å². The summed E-state index contributed by atoms with van der Waals surface area (Å²) < 4.78 is 0. The van der Waals surface area contributed by atoms with E-state index in [-0.39, 0.29) is 12.2 Å². The molecule has 0 fully saturated rings. The summed E-state index contributed by atoms with van der Waals surface area (Å²) in [6.07, 6.45) is 0. The lowest BCUT2D eigenvalue weighted by Crippen LogP contribution is -2.38. The van der Waals surface area contributed by atoms with Crippen molar-refractivity contribution >= 4 is 0 Å². The molecule has 4 N–H and O–H groups in total. The predicted molar refractivity (Wildman–Crippen MR) is 50.4 cm³/mol. The first kappa shape index (κ1) is 9.95. The standard InChI is InChI=1S/C9H14N2O2/c1-6-7(9(2,10)5-12)3-4-8(13)11-6/h3-4,12H,5,10H2,1-2H3,(H,11,13)/t9-/m0/s1. The molecule has 0 radical (unpaired) electrons. The Morgan fingerprint density at radius 1 is 1.62 bits per heavy atom. The highest BCUT2D eigenvalue weighted by molar-refractivity contribution is 5.26. The molecule has 4 nitrogen and oxygen atoms in total. The van der Waals surface area contributed by atoms with Crippen LogP contribution in [0.25, 0.3) is 0 Å². The van der Waals surface area contributed by atoms with E-state index in [0.717, 1.165) is 5.56 Å². The van der Waals surface area contributed by atoms with E-state index in [9.17, 15) is 4.79 Å². The van der Waals surface area contributed by atoms with E-state index in [0.29, 0.717) is 5.69 Å². The van der Waals surface area contributed by atoms with Crippen LogP contribution < -0.4 is 11.3 Å². The molecule has 72 valence electrons. The molecule has 0 unspecified atom stereocenters. The van der Waals surface area contributed by atoms with Gasteiger partial charge in [0.1, 0.15) is 0 Å². The van der Waals surface area contributed by atoms with Gasteiger partial charge in [-0.15, -0.1) is 0 Å². The van der Waals surface area contributed by atoms with Crippen LogP contribution in [0.1, 0.15) is 18.2 Å². The fraction of sp³-hybridized carbons (Fsp3) is 0.444. The number of pyridine rings is 1. The lowest BCUT2D eigenvalue weighted by atomic mass is 9.93. The summed E-state index contributed by atoms with van der Waals surface area (Å²) in [5, 5.41) is 9.02. The van der Waals surface area contributed by atoms with E-state index in [4.69, 9.17) is 10.8 Å². The van der Waals surface area contributed by atoms with Gasteiger partial charge in [-0.1, -0.05) is 0 Å². The molecule has 1 rings (SSSR count). The van der Waals surface area contributed by atoms with Gasteiger partial charge in [-0.3, -0.25) is 4.79 Å². The highest BCUT2D eigenvalue weighted by atomic mass is 16.3. The number of aliphatic hydroxyl groups excluding tert-OH is 1. The summed E-state index contributed by atoms with van der Waals surface area (Å²) in [6, 6.07) is 3.05. The van der Waals surface area contributed by atoms with Crippen molar-refractivity contribution in [1.82, 2.24) is 4.98 Å². The van der Waals surface area contributed by atoms with Crippen molar-refractivity contribution in [2.45, 2.75) is 19.4 Å². The number of nitrogens with one attached hydrogen (secondary N) is 1. The zero-order chi connectivity index (χ0) is 10.1. The average molecular weight is 182 g/mol. The maximum atomic E-state index is 10.9. The first-order valence-corrected chi connectivity index (χ1v) is 4.07. The zero-order valence-electron chi connectivity index (χ0n) is 7.79. The molecule has 0 saturated heterocycles. The summed E-state index contributed by atoms with van der Waals surface area (Å²) in [4.78, 5) is 13.5. The lowest BCUT2D eigenvalue weighted by Gasteiger charge is -2.23. The molecular formula is C9H14N2O2. The van der Waals surface area contributed by atoms with Crippen LogP contribution in [-0.4, -0.2) is 16.7 Å². The van der Waals surface area contributed by atoms with Crippen LogP contribution in [0.2, 0.25) is 0 Å². The van der Waals surface area contributed by atoms with Crippen LogP contribution in [0.3, 0.4) is 0 Å². The number of hydrogen-bond acceptors (Lipinski definition) is 3. The average Bonchev–Trinajstić information content (AvgIpc) is 2.03. The van der Waals surface area contributed by atoms with Crippen LogP contribution >= 0.6 is 0 Å². The third kappa shape index (κ3) is 1.96. The third-order valence-electron chi connectivity index (χ3n) is 2.06. The van der Waals surface area contributed by atoms with Gasteiger partial charge in [-0.05, 0) is 25.5 Å². The maximum absolute atomic E-state index is 10.9. The molecular weight excluding hydrogens is 168 g/mol.